The molecule has 0 spiro atoms. The average molecular weight is 187 g/mol. The van der Waals surface area contributed by atoms with Crippen molar-refractivity contribution < 1.29 is 4.79 Å². The second-order valence-electron chi connectivity index (χ2n) is 3.87. The van der Waals surface area contributed by atoms with E-state index in [2.05, 4.69) is 24.3 Å². The first-order valence-electron chi connectivity index (χ1n) is 5.28. The van der Waals surface area contributed by atoms with Gasteiger partial charge in [-0.15, -0.1) is 0 Å². The van der Waals surface area contributed by atoms with Crippen molar-refractivity contribution in [3.05, 3.63) is 41.8 Å². The SMILES string of the molecule is O=C1CCC[C]1CCc1ccccc1. The van der Waals surface area contributed by atoms with E-state index < -0.39 is 0 Å². The zero-order chi connectivity index (χ0) is 9.80. The molecule has 0 amide bonds. The highest BCUT2D eigenvalue weighted by atomic mass is 16.1. The molecular formula is C13H15O. The van der Waals surface area contributed by atoms with Crippen molar-refractivity contribution in [1.29, 1.82) is 0 Å². The second-order valence-corrected chi connectivity index (χ2v) is 3.87. The smallest absolute Gasteiger partial charge is 0.140 e. The van der Waals surface area contributed by atoms with Gasteiger partial charge in [0.05, 0.1) is 0 Å². The molecule has 0 unspecified atom stereocenters. The molecule has 1 saturated carbocycles. The van der Waals surface area contributed by atoms with Crippen LogP contribution >= 0.6 is 0 Å². The predicted octanol–water partition coefficient (Wildman–Crippen LogP) is 2.95. The summed E-state index contributed by atoms with van der Waals surface area (Å²) in [6.07, 6.45) is 4.86. The number of carbonyl (C=O) groups is 1. The first kappa shape index (κ1) is 9.45. The molecule has 0 bridgehead atoms. The molecule has 2 rings (SSSR count). The van der Waals surface area contributed by atoms with Gasteiger partial charge in [-0.2, -0.15) is 0 Å². The van der Waals surface area contributed by atoms with Gasteiger partial charge in [-0.1, -0.05) is 30.3 Å². The van der Waals surface area contributed by atoms with Crippen molar-refractivity contribution >= 4 is 5.78 Å². The first-order valence-corrected chi connectivity index (χ1v) is 5.28. The zero-order valence-corrected chi connectivity index (χ0v) is 8.33. The molecule has 0 N–H and O–H groups in total. The Hall–Kier alpha value is -1.11. The van der Waals surface area contributed by atoms with E-state index in [1.807, 2.05) is 6.07 Å². The van der Waals surface area contributed by atoms with Crippen molar-refractivity contribution in [1.82, 2.24) is 0 Å². The summed E-state index contributed by atoms with van der Waals surface area (Å²) >= 11 is 0. The number of hydrogen-bond donors (Lipinski definition) is 0. The zero-order valence-electron chi connectivity index (χ0n) is 8.33. The quantitative estimate of drug-likeness (QED) is 0.711. The van der Waals surface area contributed by atoms with Gasteiger partial charge in [-0.05, 0) is 31.2 Å². The van der Waals surface area contributed by atoms with Crippen LogP contribution in [0.3, 0.4) is 0 Å². The van der Waals surface area contributed by atoms with Crippen LogP contribution in [0.25, 0.3) is 0 Å². The van der Waals surface area contributed by atoms with Gasteiger partial charge in [0.15, 0.2) is 0 Å². The third-order valence-corrected chi connectivity index (χ3v) is 2.84. The van der Waals surface area contributed by atoms with E-state index in [0.717, 1.165) is 38.0 Å². The molecule has 0 atom stereocenters. The number of Topliss-reactive ketones (excluding diaryl/α,β-unsaturated/α-hetero) is 1. The lowest BCUT2D eigenvalue weighted by Gasteiger charge is -2.06. The first-order chi connectivity index (χ1) is 6.86. The van der Waals surface area contributed by atoms with Crippen molar-refractivity contribution in [2.24, 2.45) is 0 Å². The monoisotopic (exact) mass is 187 g/mol. The third-order valence-electron chi connectivity index (χ3n) is 2.84. The topological polar surface area (TPSA) is 17.1 Å². The molecule has 73 valence electrons. The van der Waals surface area contributed by atoms with Crippen LogP contribution in [0, 0.1) is 5.92 Å². The van der Waals surface area contributed by atoms with E-state index in [0.29, 0.717) is 5.78 Å². The summed E-state index contributed by atoms with van der Waals surface area (Å²) in [6, 6.07) is 10.4. The highest BCUT2D eigenvalue weighted by molar-refractivity contribution is 5.93. The van der Waals surface area contributed by atoms with Crippen LogP contribution in [0.2, 0.25) is 0 Å². The van der Waals surface area contributed by atoms with Gasteiger partial charge >= 0.3 is 0 Å². The number of benzene rings is 1. The molecule has 1 aromatic carbocycles. The Bertz CT molecular complexity index is 302. The van der Waals surface area contributed by atoms with Crippen molar-refractivity contribution in [2.45, 2.75) is 32.1 Å². The second kappa shape index (κ2) is 4.41. The Morgan fingerprint density at radius 2 is 1.79 bits per heavy atom. The van der Waals surface area contributed by atoms with E-state index in [-0.39, 0.29) is 0 Å². The fourth-order valence-electron chi connectivity index (χ4n) is 1.98. The van der Waals surface area contributed by atoms with Gasteiger partial charge in [0.2, 0.25) is 0 Å². The van der Waals surface area contributed by atoms with Crippen LogP contribution in [0.4, 0.5) is 0 Å². The Labute approximate surface area is 85.1 Å². The van der Waals surface area contributed by atoms with Gasteiger partial charge in [-0.25, -0.2) is 0 Å². The summed E-state index contributed by atoms with van der Waals surface area (Å²) in [4.78, 5) is 11.4. The molecule has 0 heterocycles. The molecule has 0 aliphatic heterocycles. The van der Waals surface area contributed by atoms with Gasteiger partial charge in [-0.3, -0.25) is 4.79 Å². The summed E-state index contributed by atoms with van der Waals surface area (Å²) in [5.74, 6) is 1.56. The van der Waals surface area contributed by atoms with Crippen LogP contribution in [0.15, 0.2) is 30.3 Å². The largest absolute Gasteiger partial charge is 0.299 e. The highest BCUT2D eigenvalue weighted by Crippen LogP contribution is 2.27. The summed E-state index contributed by atoms with van der Waals surface area (Å²) in [5, 5.41) is 0. The Morgan fingerprint density at radius 1 is 1.00 bits per heavy atom. The number of ketones is 1. The van der Waals surface area contributed by atoms with Gasteiger partial charge in [0, 0.05) is 12.3 Å². The van der Waals surface area contributed by atoms with Gasteiger partial charge in [0.1, 0.15) is 5.78 Å². The fourth-order valence-corrected chi connectivity index (χ4v) is 1.98. The van der Waals surface area contributed by atoms with Gasteiger partial charge in [0.25, 0.3) is 0 Å². The average Bonchev–Trinajstić information content (AvgIpc) is 2.63. The van der Waals surface area contributed by atoms with E-state index in [4.69, 9.17) is 0 Å². The molecular weight excluding hydrogens is 172 g/mol. The minimum Gasteiger partial charge on any atom is -0.299 e. The molecule has 1 radical (unpaired) electrons. The highest BCUT2D eigenvalue weighted by Gasteiger charge is 2.24. The summed E-state index contributed by atoms with van der Waals surface area (Å²) < 4.78 is 0. The van der Waals surface area contributed by atoms with Crippen LogP contribution in [-0.4, -0.2) is 5.78 Å². The lowest BCUT2D eigenvalue weighted by atomic mass is 9.97. The minimum absolute atomic E-state index is 0.404. The minimum atomic E-state index is 0.404. The Balaban J connectivity index is 1.85. The van der Waals surface area contributed by atoms with E-state index >= 15 is 0 Å². The number of aryl methyl sites for hydroxylation is 1. The van der Waals surface area contributed by atoms with Crippen molar-refractivity contribution in [3.63, 3.8) is 0 Å². The predicted molar refractivity (Wildman–Crippen MR) is 56.9 cm³/mol. The lowest BCUT2D eigenvalue weighted by Crippen LogP contribution is -2.04. The fraction of sp³-hybridized carbons (Fsp3) is 0.385. The van der Waals surface area contributed by atoms with Crippen LogP contribution in [-0.2, 0) is 11.2 Å². The normalized spacial score (nSPS) is 17.6. The maximum atomic E-state index is 11.4. The molecule has 0 saturated heterocycles. The molecule has 1 aromatic rings. The maximum Gasteiger partial charge on any atom is 0.140 e. The molecule has 1 nitrogen and oxygen atoms in total. The molecule has 1 aliphatic carbocycles. The van der Waals surface area contributed by atoms with E-state index in [9.17, 15) is 4.79 Å². The maximum absolute atomic E-state index is 11.4. The van der Waals surface area contributed by atoms with Crippen molar-refractivity contribution in [2.75, 3.05) is 0 Å². The summed E-state index contributed by atoms with van der Waals surface area (Å²) in [5.41, 5.74) is 1.33. The van der Waals surface area contributed by atoms with Gasteiger partial charge < -0.3 is 0 Å². The van der Waals surface area contributed by atoms with Crippen LogP contribution < -0.4 is 0 Å². The molecule has 1 fully saturated rings. The molecule has 14 heavy (non-hydrogen) atoms. The Morgan fingerprint density at radius 3 is 2.43 bits per heavy atom. The van der Waals surface area contributed by atoms with Crippen LogP contribution in [0.5, 0.6) is 0 Å². The number of carbonyl (C=O) groups excluding carboxylic acids is 1. The van der Waals surface area contributed by atoms with E-state index in [1.165, 1.54) is 5.56 Å². The van der Waals surface area contributed by atoms with E-state index in [1.54, 1.807) is 0 Å². The van der Waals surface area contributed by atoms with Crippen molar-refractivity contribution in [3.8, 4) is 0 Å². The number of rotatable bonds is 3. The van der Waals surface area contributed by atoms with Crippen LogP contribution in [0.1, 0.15) is 31.2 Å². The number of hydrogen-bond acceptors (Lipinski definition) is 1. The molecule has 1 aliphatic rings. The third kappa shape index (κ3) is 2.22. The Kier molecular flexibility index (Phi) is 2.97. The summed E-state index contributed by atoms with van der Waals surface area (Å²) in [7, 11) is 0. The lowest BCUT2D eigenvalue weighted by molar-refractivity contribution is -0.116. The standard InChI is InChI=1S/C13H15O/c14-13-8-4-7-12(13)10-9-11-5-2-1-3-6-11/h1-3,5-6H,4,7-10H2. The molecule has 1 heteroatoms. The summed E-state index contributed by atoms with van der Waals surface area (Å²) in [6.45, 7) is 0. The molecule has 0 aromatic heterocycles.